The second-order valence-corrected chi connectivity index (χ2v) is 6.99. The molecule has 1 aromatic rings. The molecule has 2 aliphatic rings. The van der Waals surface area contributed by atoms with Crippen LogP contribution in [0.4, 0.5) is 0 Å². The van der Waals surface area contributed by atoms with Crippen molar-refractivity contribution in [1.29, 1.82) is 0 Å². The first-order valence-electron chi connectivity index (χ1n) is 7.32. The lowest BCUT2D eigenvalue weighted by Crippen LogP contribution is -2.32. The van der Waals surface area contributed by atoms with Crippen molar-refractivity contribution in [1.82, 2.24) is 0 Å². The highest BCUT2D eigenvalue weighted by atomic mass is 16.5. The molecule has 0 spiro atoms. The molecule has 2 fully saturated rings. The van der Waals surface area contributed by atoms with Crippen LogP contribution in [0.2, 0.25) is 0 Å². The molecular weight excluding hydrogens is 236 g/mol. The van der Waals surface area contributed by atoms with E-state index in [0.717, 1.165) is 17.8 Å². The van der Waals surface area contributed by atoms with Gasteiger partial charge in [0.05, 0.1) is 7.11 Å². The van der Waals surface area contributed by atoms with Crippen LogP contribution in [0.15, 0.2) is 18.2 Å². The van der Waals surface area contributed by atoms with Gasteiger partial charge in [-0.2, -0.15) is 0 Å². The van der Waals surface area contributed by atoms with E-state index in [4.69, 9.17) is 4.74 Å². The minimum atomic E-state index is 0.272. The lowest BCUT2D eigenvalue weighted by Gasteiger charge is -2.41. The number of phenols is 1. The van der Waals surface area contributed by atoms with Gasteiger partial charge in [-0.1, -0.05) is 26.8 Å². The molecule has 4 atom stereocenters. The third kappa shape index (κ3) is 1.76. The summed E-state index contributed by atoms with van der Waals surface area (Å²) in [7, 11) is 1.59. The Morgan fingerprint density at radius 3 is 2.53 bits per heavy atom. The van der Waals surface area contributed by atoms with E-state index in [1.165, 1.54) is 18.4 Å². The van der Waals surface area contributed by atoms with Gasteiger partial charge in [0.1, 0.15) is 0 Å². The van der Waals surface area contributed by atoms with Gasteiger partial charge in [-0.25, -0.2) is 0 Å². The maximum Gasteiger partial charge on any atom is 0.160 e. The van der Waals surface area contributed by atoms with Crippen molar-refractivity contribution in [2.45, 2.75) is 39.5 Å². The average Bonchev–Trinajstić information content (AvgIpc) is 2.90. The van der Waals surface area contributed by atoms with E-state index in [9.17, 15) is 5.11 Å². The van der Waals surface area contributed by atoms with E-state index in [-0.39, 0.29) is 5.75 Å². The second kappa shape index (κ2) is 4.16. The predicted molar refractivity (Wildman–Crippen MR) is 76.6 cm³/mol. The topological polar surface area (TPSA) is 29.5 Å². The Hall–Kier alpha value is -1.18. The monoisotopic (exact) mass is 260 g/mol. The number of ether oxygens (including phenoxy) is 1. The molecule has 2 heteroatoms. The zero-order valence-electron chi connectivity index (χ0n) is 12.3. The second-order valence-electron chi connectivity index (χ2n) is 6.99. The van der Waals surface area contributed by atoms with Crippen LogP contribution >= 0.6 is 0 Å². The molecule has 2 aliphatic carbocycles. The smallest absolute Gasteiger partial charge is 0.160 e. The molecule has 0 unspecified atom stereocenters. The lowest BCUT2D eigenvalue weighted by atomic mass is 9.64. The van der Waals surface area contributed by atoms with E-state index >= 15 is 0 Å². The normalized spacial score (nSPS) is 35.6. The summed E-state index contributed by atoms with van der Waals surface area (Å²) in [5.74, 6) is 3.87. The lowest BCUT2D eigenvalue weighted by molar-refractivity contribution is 0.118. The summed E-state index contributed by atoms with van der Waals surface area (Å²) in [6.07, 6.45) is 2.63. The van der Waals surface area contributed by atoms with Crippen molar-refractivity contribution in [3.63, 3.8) is 0 Å². The summed E-state index contributed by atoms with van der Waals surface area (Å²) in [6, 6.07) is 5.93. The van der Waals surface area contributed by atoms with E-state index < -0.39 is 0 Å². The largest absolute Gasteiger partial charge is 0.504 e. The number of hydrogen-bond donors (Lipinski definition) is 1. The predicted octanol–water partition coefficient (Wildman–Crippen LogP) is 4.19. The van der Waals surface area contributed by atoms with Crippen molar-refractivity contribution >= 4 is 0 Å². The van der Waals surface area contributed by atoms with Gasteiger partial charge < -0.3 is 9.84 Å². The molecule has 0 amide bonds. The Morgan fingerprint density at radius 1 is 1.26 bits per heavy atom. The van der Waals surface area contributed by atoms with Crippen LogP contribution in [0.25, 0.3) is 0 Å². The maximum absolute atomic E-state index is 9.98. The van der Waals surface area contributed by atoms with Gasteiger partial charge in [-0.05, 0) is 59.6 Å². The van der Waals surface area contributed by atoms with E-state index in [1.807, 2.05) is 12.1 Å². The van der Waals surface area contributed by atoms with Gasteiger partial charge in [-0.15, -0.1) is 0 Å². The molecule has 1 N–H and O–H groups in total. The number of benzene rings is 1. The Bertz CT molecular complexity index is 492. The van der Waals surface area contributed by atoms with Gasteiger partial charge in [0, 0.05) is 0 Å². The highest BCUT2D eigenvalue weighted by Crippen LogP contribution is 2.64. The van der Waals surface area contributed by atoms with Crippen LogP contribution in [0.3, 0.4) is 0 Å². The standard InChI is InChI=1S/C17H24O2/c1-10-12-7-13(14(8-12)17(10,2)3)11-5-6-16(19-4)15(18)9-11/h5-6,9-10,12-14,18H,7-8H2,1-4H3/t10-,12+,13+,14-/m1/s1. The highest BCUT2D eigenvalue weighted by molar-refractivity contribution is 5.43. The van der Waals surface area contributed by atoms with Crippen molar-refractivity contribution in [2.24, 2.45) is 23.2 Å². The van der Waals surface area contributed by atoms with Gasteiger partial charge in [-0.3, -0.25) is 0 Å². The summed E-state index contributed by atoms with van der Waals surface area (Å²) >= 11 is 0. The number of fused-ring (bicyclic) bond motifs is 2. The molecule has 1 aromatic carbocycles. The van der Waals surface area contributed by atoms with Crippen molar-refractivity contribution in [3.05, 3.63) is 23.8 Å². The fourth-order valence-electron chi connectivity index (χ4n) is 4.56. The van der Waals surface area contributed by atoms with Crippen LogP contribution in [0, 0.1) is 23.2 Å². The molecule has 104 valence electrons. The average molecular weight is 260 g/mol. The third-order valence-corrected chi connectivity index (χ3v) is 6.07. The van der Waals surface area contributed by atoms with E-state index in [1.54, 1.807) is 7.11 Å². The molecule has 0 radical (unpaired) electrons. The Morgan fingerprint density at radius 2 is 2.00 bits per heavy atom. The van der Waals surface area contributed by atoms with Crippen LogP contribution in [-0.2, 0) is 0 Å². The van der Waals surface area contributed by atoms with Crippen LogP contribution < -0.4 is 4.74 Å². The molecule has 0 aliphatic heterocycles. The molecule has 2 bridgehead atoms. The molecule has 0 saturated heterocycles. The molecule has 2 nitrogen and oxygen atoms in total. The minimum absolute atomic E-state index is 0.272. The highest BCUT2D eigenvalue weighted by Gasteiger charge is 2.55. The molecule has 0 heterocycles. The fourth-order valence-corrected chi connectivity index (χ4v) is 4.56. The molecule has 3 rings (SSSR count). The number of aromatic hydroxyl groups is 1. The first-order valence-corrected chi connectivity index (χ1v) is 7.32. The summed E-state index contributed by atoms with van der Waals surface area (Å²) in [5, 5.41) is 9.98. The van der Waals surface area contributed by atoms with Gasteiger partial charge in [0.25, 0.3) is 0 Å². The van der Waals surface area contributed by atoms with Crippen LogP contribution in [-0.4, -0.2) is 12.2 Å². The molecule has 0 aromatic heterocycles. The van der Waals surface area contributed by atoms with Crippen molar-refractivity contribution < 1.29 is 9.84 Å². The first-order chi connectivity index (χ1) is 8.95. The van der Waals surface area contributed by atoms with E-state index in [2.05, 4.69) is 26.8 Å². The maximum atomic E-state index is 9.98. The summed E-state index contributed by atoms with van der Waals surface area (Å²) in [6.45, 7) is 7.24. The quantitative estimate of drug-likeness (QED) is 0.864. The first kappa shape index (κ1) is 12.8. The summed E-state index contributed by atoms with van der Waals surface area (Å²) in [4.78, 5) is 0. The molecule has 19 heavy (non-hydrogen) atoms. The molecule has 2 saturated carbocycles. The number of rotatable bonds is 2. The van der Waals surface area contributed by atoms with Gasteiger partial charge in [0.15, 0.2) is 11.5 Å². The molecular formula is C17H24O2. The Labute approximate surface area is 115 Å². The summed E-state index contributed by atoms with van der Waals surface area (Å²) in [5.41, 5.74) is 1.70. The number of hydrogen-bond acceptors (Lipinski definition) is 2. The summed E-state index contributed by atoms with van der Waals surface area (Å²) < 4.78 is 5.13. The fraction of sp³-hybridized carbons (Fsp3) is 0.647. The third-order valence-electron chi connectivity index (χ3n) is 6.07. The minimum Gasteiger partial charge on any atom is -0.504 e. The van der Waals surface area contributed by atoms with Crippen LogP contribution in [0.5, 0.6) is 11.5 Å². The van der Waals surface area contributed by atoms with Crippen molar-refractivity contribution in [2.75, 3.05) is 7.11 Å². The number of phenolic OH excluding ortho intramolecular Hbond substituents is 1. The zero-order chi connectivity index (χ0) is 13.8. The SMILES string of the molecule is COc1ccc([C@@H]2C[C@H]3C[C@H]2C(C)(C)[C@@H]3C)cc1O. The van der Waals surface area contributed by atoms with Gasteiger partial charge >= 0.3 is 0 Å². The van der Waals surface area contributed by atoms with Crippen molar-refractivity contribution in [3.8, 4) is 11.5 Å². The Kier molecular flexibility index (Phi) is 2.81. The zero-order valence-corrected chi connectivity index (χ0v) is 12.3. The Balaban J connectivity index is 1.91. The van der Waals surface area contributed by atoms with Gasteiger partial charge in [0.2, 0.25) is 0 Å². The van der Waals surface area contributed by atoms with Crippen LogP contribution in [0.1, 0.15) is 45.1 Å². The number of methoxy groups -OCH3 is 1. The van der Waals surface area contributed by atoms with E-state index in [0.29, 0.717) is 17.1 Å².